The molecule has 29 heavy (non-hydrogen) atoms. The summed E-state index contributed by atoms with van der Waals surface area (Å²) in [5, 5.41) is 0. The highest BCUT2D eigenvalue weighted by Gasteiger charge is 2.37. The summed E-state index contributed by atoms with van der Waals surface area (Å²) in [6, 6.07) is 4.12. The van der Waals surface area contributed by atoms with Crippen molar-refractivity contribution >= 4 is 11.8 Å². The van der Waals surface area contributed by atoms with Crippen molar-refractivity contribution in [2.75, 3.05) is 26.2 Å². The molecule has 3 heterocycles. The fourth-order valence-corrected chi connectivity index (χ4v) is 4.64. The number of rotatable bonds is 5. The first-order valence-corrected chi connectivity index (χ1v) is 10.9. The SMILES string of the molecule is O=C(C1CCCO1)N1CC(=O)N(C2CCCCC2)CC(OCc2cccnc2)C1. The maximum Gasteiger partial charge on any atom is 0.252 e. The van der Waals surface area contributed by atoms with Crippen molar-refractivity contribution < 1.29 is 19.1 Å². The number of pyridine rings is 1. The summed E-state index contributed by atoms with van der Waals surface area (Å²) in [7, 11) is 0. The van der Waals surface area contributed by atoms with E-state index in [2.05, 4.69) is 4.98 Å². The first-order valence-electron chi connectivity index (χ1n) is 10.9. The van der Waals surface area contributed by atoms with Crippen LogP contribution in [0.5, 0.6) is 0 Å². The standard InChI is InChI=1S/C22H31N3O4/c26-21-15-24(22(27)20-9-5-11-28-20)13-19(29-16-17-6-4-10-23-12-17)14-25(21)18-7-2-1-3-8-18/h4,6,10,12,18-20H,1-3,5,7-9,11,13-16H2. The zero-order chi connectivity index (χ0) is 20.1. The molecule has 2 amide bonds. The molecule has 0 N–H and O–H groups in total. The van der Waals surface area contributed by atoms with Crippen LogP contribution in [0.4, 0.5) is 0 Å². The molecular formula is C22H31N3O4. The van der Waals surface area contributed by atoms with Crippen molar-refractivity contribution in [3.05, 3.63) is 30.1 Å². The normalized spacial score (nSPS) is 26.6. The number of hydrogen-bond donors (Lipinski definition) is 0. The van der Waals surface area contributed by atoms with Crippen LogP contribution in [0.25, 0.3) is 0 Å². The monoisotopic (exact) mass is 401 g/mol. The Bertz CT molecular complexity index is 687. The Labute approximate surface area is 172 Å². The highest BCUT2D eigenvalue weighted by atomic mass is 16.5. The molecule has 0 spiro atoms. The minimum absolute atomic E-state index is 0.0377. The van der Waals surface area contributed by atoms with Gasteiger partial charge in [-0.25, -0.2) is 0 Å². The van der Waals surface area contributed by atoms with E-state index in [0.29, 0.717) is 26.3 Å². The Morgan fingerprint density at radius 3 is 2.76 bits per heavy atom. The fourth-order valence-electron chi connectivity index (χ4n) is 4.64. The smallest absolute Gasteiger partial charge is 0.252 e. The Hall–Kier alpha value is -1.99. The topological polar surface area (TPSA) is 72.0 Å². The molecule has 2 atom stereocenters. The molecule has 3 fully saturated rings. The van der Waals surface area contributed by atoms with Crippen LogP contribution in [0, 0.1) is 0 Å². The Morgan fingerprint density at radius 1 is 1.17 bits per heavy atom. The predicted octanol–water partition coefficient (Wildman–Crippen LogP) is 2.15. The van der Waals surface area contributed by atoms with Crippen molar-refractivity contribution in [3.63, 3.8) is 0 Å². The van der Waals surface area contributed by atoms with Crippen LogP contribution < -0.4 is 0 Å². The van der Waals surface area contributed by atoms with E-state index in [1.165, 1.54) is 6.42 Å². The van der Waals surface area contributed by atoms with Gasteiger partial charge in [-0.05, 0) is 37.3 Å². The van der Waals surface area contributed by atoms with Gasteiger partial charge in [-0.1, -0.05) is 25.3 Å². The summed E-state index contributed by atoms with van der Waals surface area (Å²) in [5.74, 6) is -0.0351. The zero-order valence-corrected chi connectivity index (χ0v) is 17.0. The number of carbonyl (C=O) groups is 2. The van der Waals surface area contributed by atoms with Gasteiger partial charge in [0.2, 0.25) is 5.91 Å². The number of aromatic nitrogens is 1. The van der Waals surface area contributed by atoms with E-state index in [1.54, 1.807) is 17.3 Å². The highest BCUT2D eigenvalue weighted by molar-refractivity contribution is 5.87. The van der Waals surface area contributed by atoms with Crippen molar-refractivity contribution in [2.45, 2.75) is 69.8 Å². The Balaban J connectivity index is 1.48. The molecule has 4 rings (SSSR count). The van der Waals surface area contributed by atoms with E-state index in [4.69, 9.17) is 9.47 Å². The van der Waals surface area contributed by atoms with Crippen LogP contribution in [0.3, 0.4) is 0 Å². The van der Waals surface area contributed by atoms with Crippen molar-refractivity contribution in [1.29, 1.82) is 0 Å². The molecule has 0 aromatic carbocycles. The molecule has 7 nitrogen and oxygen atoms in total. The molecule has 2 unspecified atom stereocenters. The molecule has 1 aliphatic carbocycles. The second kappa shape index (κ2) is 9.67. The van der Waals surface area contributed by atoms with Gasteiger partial charge in [-0.3, -0.25) is 14.6 Å². The molecule has 1 saturated carbocycles. The van der Waals surface area contributed by atoms with Gasteiger partial charge in [0.15, 0.2) is 0 Å². The number of ether oxygens (including phenoxy) is 2. The summed E-state index contributed by atoms with van der Waals surface area (Å²) < 4.78 is 11.8. The summed E-state index contributed by atoms with van der Waals surface area (Å²) in [6.07, 6.45) is 10.2. The summed E-state index contributed by atoms with van der Waals surface area (Å²) in [4.78, 5) is 33.8. The molecule has 2 aliphatic heterocycles. The first kappa shape index (κ1) is 20.3. The van der Waals surface area contributed by atoms with Crippen LogP contribution in [-0.4, -0.2) is 71.1 Å². The number of nitrogens with zero attached hydrogens (tertiary/aromatic N) is 3. The highest BCUT2D eigenvalue weighted by Crippen LogP contribution is 2.25. The van der Waals surface area contributed by atoms with Gasteiger partial charge >= 0.3 is 0 Å². The summed E-state index contributed by atoms with van der Waals surface area (Å²) in [5.41, 5.74) is 0.990. The van der Waals surface area contributed by atoms with Gasteiger partial charge in [0.25, 0.3) is 5.91 Å². The van der Waals surface area contributed by atoms with Crippen molar-refractivity contribution in [2.24, 2.45) is 0 Å². The van der Waals surface area contributed by atoms with Gasteiger partial charge in [0, 0.05) is 38.1 Å². The molecular weight excluding hydrogens is 370 g/mol. The molecule has 1 aromatic heterocycles. The lowest BCUT2D eigenvalue weighted by atomic mass is 9.94. The van der Waals surface area contributed by atoms with E-state index >= 15 is 0 Å². The average molecular weight is 402 g/mol. The van der Waals surface area contributed by atoms with E-state index < -0.39 is 6.10 Å². The second-order valence-corrected chi connectivity index (χ2v) is 8.35. The van der Waals surface area contributed by atoms with E-state index in [-0.39, 0.29) is 30.5 Å². The minimum Gasteiger partial charge on any atom is -0.370 e. The van der Waals surface area contributed by atoms with Gasteiger partial charge in [0.1, 0.15) is 6.10 Å². The third-order valence-corrected chi connectivity index (χ3v) is 6.21. The molecule has 0 bridgehead atoms. The number of hydrogen-bond acceptors (Lipinski definition) is 5. The zero-order valence-electron chi connectivity index (χ0n) is 17.0. The lowest BCUT2D eigenvalue weighted by Crippen LogP contribution is -2.46. The average Bonchev–Trinajstić information content (AvgIpc) is 3.24. The van der Waals surface area contributed by atoms with Gasteiger partial charge < -0.3 is 19.3 Å². The van der Waals surface area contributed by atoms with Crippen LogP contribution >= 0.6 is 0 Å². The molecule has 7 heteroatoms. The van der Waals surface area contributed by atoms with Gasteiger partial charge in [0.05, 0.1) is 19.3 Å². The van der Waals surface area contributed by atoms with Gasteiger partial charge in [-0.15, -0.1) is 0 Å². The Morgan fingerprint density at radius 2 is 2.03 bits per heavy atom. The molecule has 0 radical (unpaired) electrons. The van der Waals surface area contributed by atoms with Crippen LogP contribution in [0.1, 0.15) is 50.5 Å². The van der Waals surface area contributed by atoms with Crippen LogP contribution in [0.2, 0.25) is 0 Å². The first-order chi connectivity index (χ1) is 14.2. The maximum atomic E-state index is 13.1. The van der Waals surface area contributed by atoms with Crippen LogP contribution in [0.15, 0.2) is 24.5 Å². The van der Waals surface area contributed by atoms with E-state index in [1.807, 2.05) is 17.0 Å². The fraction of sp³-hybridized carbons (Fsp3) is 0.682. The van der Waals surface area contributed by atoms with Gasteiger partial charge in [-0.2, -0.15) is 0 Å². The predicted molar refractivity (Wildman–Crippen MR) is 107 cm³/mol. The number of amides is 2. The lowest BCUT2D eigenvalue weighted by Gasteiger charge is -2.34. The molecule has 158 valence electrons. The van der Waals surface area contributed by atoms with E-state index in [9.17, 15) is 9.59 Å². The maximum absolute atomic E-state index is 13.1. The quantitative estimate of drug-likeness (QED) is 0.756. The largest absolute Gasteiger partial charge is 0.370 e. The van der Waals surface area contributed by atoms with Crippen molar-refractivity contribution in [1.82, 2.24) is 14.8 Å². The second-order valence-electron chi connectivity index (χ2n) is 8.35. The van der Waals surface area contributed by atoms with E-state index in [0.717, 1.165) is 44.1 Å². The number of carbonyl (C=O) groups excluding carboxylic acids is 2. The molecule has 2 saturated heterocycles. The molecule has 1 aromatic rings. The molecule has 3 aliphatic rings. The summed E-state index contributed by atoms with van der Waals surface area (Å²) >= 11 is 0. The summed E-state index contributed by atoms with van der Waals surface area (Å²) in [6.45, 7) is 2.13. The lowest BCUT2D eigenvalue weighted by molar-refractivity contribution is -0.146. The third-order valence-electron chi connectivity index (χ3n) is 6.21. The van der Waals surface area contributed by atoms with Crippen molar-refractivity contribution in [3.8, 4) is 0 Å². The minimum atomic E-state index is -0.414. The third kappa shape index (κ3) is 5.14. The van der Waals surface area contributed by atoms with Crippen LogP contribution in [-0.2, 0) is 25.7 Å². The Kier molecular flexibility index (Phi) is 6.77.